The number of methoxy groups -OCH3 is 1. The van der Waals surface area contributed by atoms with Gasteiger partial charge in [-0.2, -0.15) is 11.8 Å². The van der Waals surface area contributed by atoms with Crippen LogP contribution < -0.4 is 4.74 Å². The third-order valence-electron chi connectivity index (χ3n) is 3.70. The Morgan fingerprint density at radius 3 is 3.00 bits per heavy atom. The van der Waals surface area contributed by atoms with Crippen molar-refractivity contribution in [2.75, 3.05) is 25.7 Å². The Morgan fingerprint density at radius 1 is 1.57 bits per heavy atom. The van der Waals surface area contributed by atoms with Gasteiger partial charge in [0.1, 0.15) is 5.75 Å². The summed E-state index contributed by atoms with van der Waals surface area (Å²) in [7, 11) is 3.77. The number of rotatable bonds is 6. The van der Waals surface area contributed by atoms with Gasteiger partial charge in [-0.3, -0.25) is 4.90 Å². The van der Waals surface area contributed by atoms with Crippen LogP contribution in [0.5, 0.6) is 5.75 Å². The number of aliphatic carboxylic acids is 1. The van der Waals surface area contributed by atoms with Gasteiger partial charge in [0.25, 0.3) is 0 Å². The summed E-state index contributed by atoms with van der Waals surface area (Å²) in [5.74, 6) is 2.25. The number of carboxylic acids is 1. The minimum absolute atomic E-state index is 0.595. The first-order valence-corrected chi connectivity index (χ1v) is 8.11. The standard InChI is InChI=1S/C16H21NO3S/c1-17(14-7-8-21-11-14)10-13-9-15(20-2)5-3-12(13)4-6-16(18)19/h3-6,9,14H,7-8,10-11H2,1-2H3,(H,18,19). The molecule has 0 aromatic heterocycles. The third kappa shape index (κ3) is 4.51. The Bertz CT molecular complexity index is 524. The molecule has 114 valence electrons. The van der Waals surface area contributed by atoms with Gasteiger partial charge >= 0.3 is 5.97 Å². The molecule has 5 heteroatoms. The van der Waals surface area contributed by atoms with Gasteiger partial charge in [-0.1, -0.05) is 6.07 Å². The van der Waals surface area contributed by atoms with Crippen molar-refractivity contribution in [1.29, 1.82) is 0 Å². The molecule has 2 rings (SSSR count). The quantitative estimate of drug-likeness (QED) is 0.819. The van der Waals surface area contributed by atoms with Crippen LogP contribution in [0.25, 0.3) is 6.08 Å². The number of carboxylic acid groups (broad SMARTS) is 1. The number of hydrogen-bond acceptors (Lipinski definition) is 4. The molecule has 4 nitrogen and oxygen atoms in total. The van der Waals surface area contributed by atoms with Crippen LogP contribution in [0, 0.1) is 0 Å². The van der Waals surface area contributed by atoms with Crippen LogP contribution in [0.15, 0.2) is 24.3 Å². The lowest BCUT2D eigenvalue weighted by molar-refractivity contribution is -0.131. The SMILES string of the molecule is COc1ccc(C=CC(=O)O)c(CN(C)C2CCSC2)c1. The van der Waals surface area contributed by atoms with E-state index < -0.39 is 5.97 Å². The Labute approximate surface area is 129 Å². The average molecular weight is 307 g/mol. The summed E-state index contributed by atoms with van der Waals surface area (Å²) in [5, 5.41) is 8.80. The maximum atomic E-state index is 10.7. The highest BCUT2D eigenvalue weighted by atomic mass is 32.2. The van der Waals surface area contributed by atoms with E-state index in [2.05, 4.69) is 11.9 Å². The minimum Gasteiger partial charge on any atom is -0.497 e. The normalized spacial score (nSPS) is 18.5. The molecule has 1 saturated heterocycles. The smallest absolute Gasteiger partial charge is 0.328 e. The zero-order chi connectivity index (χ0) is 15.2. The first-order chi connectivity index (χ1) is 10.1. The third-order valence-corrected chi connectivity index (χ3v) is 4.85. The van der Waals surface area contributed by atoms with Crippen molar-refractivity contribution < 1.29 is 14.6 Å². The second-order valence-corrected chi connectivity index (χ2v) is 6.32. The average Bonchev–Trinajstić information content (AvgIpc) is 3.00. The van der Waals surface area contributed by atoms with E-state index in [9.17, 15) is 4.79 Å². The molecule has 1 N–H and O–H groups in total. The van der Waals surface area contributed by atoms with Crippen LogP contribution in [0.3, 0.4) is 0 Å². The summed E-state index contributed by atoms with van der Waals surface area (Å²) in [6.07, 6.45) is 4.04. The maximum absolute atomic E-state index is 10.7. The van der Waals surface area contributed by atoms with Gasteiger partial charge in [0.15, 0.2) is 0 Å². The second kappa shape index (κ2) is 7.52. The number of ether oxygens (including phenoxy) is 1. The molecular weight excluding hydrogens is 286 g/mol. The van der Waals surface area contributed by atoms with Crippen molar-refractivity contribution in [3.63, 3.8) is 0 Å². The maximum Gasteiger partial charge on any atom is 0.328 e. The van der Waals surface area contributed by atoms with Crippen LogP contribution in [0.1, 0.15) is 17.5 Å². The van der Waals surface area contributed by atoms with E-state index in [1.807, 2.05) is 30.0 Å². The number of nitrogens with zero attached hydrogens (tertiary/aromatic N) is 1. The minimum atomic E-state index is -0.933. The molecular formula is C16H21NO3S. The summed E-state index contributed by atoms with van der Waals surface area (Å²) >= 11 is 1.99. The van der Waals surface area contributed by atoms with Crippen molar-refractivity contribution in [1.82, 2.24) is 4.90 Å². The summed E-state index contributed by atoms with van der Waals surface area (Å²) < 4.78 is 5.28. The van der Waals surface area contributed by atoms with Crippen LogP contribution in [0.2, 0.25) is 0 Å². The first kappa shape index (κ1) is 15.9. The van der Waals surface area contributed by atoms with Gasteiger partial charge in [0.05, 0.1) is 7.11 Å². The van der Waals surface area contributed by atoms with Gasteiger partial charge in [-0.15, -0.1) is 0 Å². The fourth-order valence-corrected chi connectivity index (χ4v) is 3.74. The predicted molar refractivity (Wildman–Crippen MR) is 86.9 cm³/mol. The van der Waals surface area contributed by atoms with Gasteiger partial charge in [0.2, 0.25) is 0 Å². The molecule has 0 aliphatic carbocycles. The van der Waals surface area contributed by atoms with Crippen molar-refractivity contribution in [2.45, 2.75) is 19.0 Å². The zero-order valence-corrected chi connectivity index (χ0v) is 13.2. The molecule has 1 aromatic rings. The highest BCUT2D eigenvalue weighted by molar-refractivity contribution is 7.99. The van der Waals surface area contributed by atoms with Crippen LogP contribution >= 0.6 is 11.8 Å². The predicted octanol–water partition coefficient (Wildman–Crippen LogP) is 2.73. The highest BCUT2D eigenvalue weighted by Crippen LogP contribution is 2.25. The topological polar surface area (TPSA) is 49.8 Å². The van der Waals surface area contributed by atoms with Crippen molar-refractivity contribution in [2.24, 2.45) is 0 Å². The van der Waals surface area contributed by atoms with Crippen LogP contribution in [0.4, 0.5) is 0 Å². The molecule has 1 unspecified atom stereocenters. The largest absolute Gasteiger partial charge is 0.497 e. The number of carbonyl (C=O) groups is 1. The van der Waals surface area contributed by atoms with E-state index >= 15 is 0 Å². The molecule has 1 heterocycles. The van der Waals surface area contributed by atoms with Crippen molar-refractivity contribution in [3.05, 3.63) is 35.4 Å². The lowest BCUT2D eigenvalue weighted by Crippen LogP contribution is -2.31. The molecule has 0 bridgehead atoms. The molecule has 21 heavy (non-hydrogen) atoms. The molecule has 1 aromatic carbocycles. The number of hydrogen-bond donors (Lipinski definition) is 1. The van der Waals surface area contributed by atoms with Gasteiger partial charge in [0, 0.05) is 24.4 Å². The Morgan fingerprint density at radius 2 is 2.38 bits per heavy atom. The Balaban J connectivity index is 2.19. The summed E-state index contributed by atoms with van der Waals surface area (Å²) in [4.78, 5) is 13.1. The van der Waals surface area contributed by atoms with Crippen molar-refractivity contribution in [3.8, 4) is 5.75 Å². The van der Waals surface area contributed by atoms with Crippen LogP contribution in [-0.2, 0) is 11.3 Å². The van der Waals surface area contributed by atoms with E-state index in [1.54, 1.807) is 13.2 Å². The van der Waals surface area contributed by atoms with E-state index in [0.717, 1.165) is 23.4 Å². The lowest BCUT2D eigenvalue weighted by atomic mass is 10.0. The molecule has 1 aliphatic heterocycles. The molecule has 0 amide bonds. The van der Waals surface area contributed by atoms with Gasteiger partial charge in [-0.05, 0) is 48.6 Å². The molecule has 1 fully saturated rings. The van der Waals surface area contributed by atoms with Crippen molar-refractivity contribution >= 4 is 23.8 Å². The van der Waals surface area contributed by atoms with Gasteiger partial charge in [-0.25, -0.2) is 4.79 Å². The van der Waals surface area contributed by atoms with E-state index in [-0.39, 0.29) is 0 Å². The Kier molecular flexibility index (Phi) is 5.70. The molecule has 1 aliphatic rings. The number of benzene rings is 1. The van der Waals surface area contributed by atoms with E-state index in [4.69, 9.17) is 9.84 Å². The molecule has 0 radical (unpaired) electrons. The highest BCUT2D eigenvalue weighted by Gasteiger charge is 2.20. The molecule has 1 atom stereocenters. The fourth-order valence-electron chi connectivity index (χ4n) is 2.44. The van der Waals surface area contributed by atoms with E-state index in [1.165, 1.54) is 24.0 Å². The lowest BCUT2D eigenvalue weighted by Gasteiger charge is -2.24. The molecule has 0 spiro atoms. The number of thioether (sulfide) groups is 1. The monoisotopic (exact) mass is 307 g/mol. The van der Waals surface area contributed by atoms with Crippen LogP contribution in [-0.4, -0.2) is 47.7 Å². The molecule has 0 saturated carbocycles. The summed E-state index contributed by atoms with van der Waals surface area (Å²) in [6.45, 7) is 0.793. The second-order valence-electron chi connectivity index (χ2n) is 5.17. The Hall–Kier alpha value is -1.46. The van der Waals surface area contributed by atoms with E-state index in [0.29, 0.717) is 6.04 Å². The summed E-state index contributed by atoms with van der Waals surface area (Å²) in [6, 6.07) is 6.35. The first-order valence-electron chi connectivity index (χ1n) is 6.96. The summed E-state index contributed by atoms with van der Waals surface area (Å²) in [5.41, 5.74) is 2.02. The zero-order valence-electron chi connectivity index (χ0n) is 12.4. The fraction of sp³-hybridized carbons (Fsp3) is 0.438. The van der Waals surface area contributed by atoms with Gasteiger partial charge < -0.3 is 9.84 Å².